The molecule has 3 heterocycles. The van der Waals surface area contributed by atoms with Gasteiger partial charge < -0.3 is 16.4 Å². The van der Waals surface area contributed by atoms with Crippen LogP contribution in [0.5, 0.6) is 0 Å². The third-order valence-corrected chi connectivity index (χ3v) is 5.11. The quantitative estimate of drug-likeness (QED) is 0.330. The van der Waals surface area contributed by atoms with Crippen LogP contribution in [-0.4, -0.2) is 44.2 Å². The first-order chi connectivity index (χ1) is 16.5. The molecule has 0 atom stereocenters. The zero-order chi connectivity index (χ0) is 24.2. The number of aryl methyl sites for hydroxylation is 2. The van der Waals surface area contributed by atoms with Crippen LogP contribution in [0.2, 0.25) is 0 Å². The van der Waals surface area contributed by atoms with Gasteiger partial charge in [-0.05, 0) is 55.8 Å². The lowest BCUT2D eigenvalue weighted by atomic mass is 10.1. The predicted molar refractivity (Wildman–Crippen MR) is 135 cm³/mol. The van der Waals surface area contributed by atoms with Crippen LogP contribution in [-0.2, 0) is 20.5 Å². The van der Waals surface area contributed by atoms with E-state index in [4.69, 9.17) is 11.0 Å². The lowest BCUT2D eigenvalue weighted by Crippen LogP contribution is -2.20. The fourth-order valence-corrected chi connectivity index (χ4v) is 3.23. The van der Waals surface area contributed by atoms with E-state index in [0.717, 1.165) is 49.3 Å². The van der Waals surface area contributed by atoms with Gasteiger partial charge >= 0.3 is 0 Å². The molecule has 0 aliphatic carbocycles. The van der Waals surface area contributed by atoms with Crippen molar-refractivity contribution in [2.24, 2.45) is 14.1 Å². The highest BCUT2D eigenvalue weighted by molar-refractivity contribution is 5.72. The Morgan fingerprint density at radius 2 is 1.82 bits per heavy atom. The molecule has 0 spiro atoms. The number of hydrogen-bond acceptors (Lipinski definition) is 7. The number of hydrogen-bond donors (Lipinski definition) is 3. The van der Waals surface area contributed by atoms with Crippen molar-refractivity contribution in [3.8, 4) is 17.2 Å². The smallest absolute Gasteiger partial charge is 0.146 e. The molecule has 4 aromatic rings. The fraction of sp³-hybridized carbons (Fsp3) is 0.280. The second-order valence-corrected chi connectivity index (χ2v) is 7.83. The Morgan fingerprint density at radius 1 is 1.00 bits per heavy atom. The SMILES string of the molecule is Cn1cc(-c2cnc(N)c(NCCCNCCc3ccc(C#N)cc3)c2)cn1.Cn1cccn1. The summed E-state index contributed by atoms with van der Waals surface area (Å²) in [6.45, 7) is 2.64. The molecule has 9 nitrogen and oxygen atoms in total. The molecule has 9 heteroatoms. The van der Waals surface area contributed by atoms with Crippen molar-refractivity contribution >= 4 is 11.5 Å². The van der Waals surface area contributed by atoms with Crippen LogP contribution in [0.15, 0.2) is 67.4 Å². The molecular weight excluding hydrogens is 426 g/mol. The largest absolute Gasteiger partial charge is 0.382 e. The van der Waals surface area contributed by atoms with Gasteiger partial charge in [0.2, 0.25) is 0 Å². The standard InChI is InChI=1S/C21H25N7.C4H6N2/c1-28-15-19(14-27-28)18-11-20(21(23)26-13-18)25-9-2-8-24-10-7-16-3-5-17(12-22)6-4-16;1-6-4-2-3-5-6/h3-6,11,13-15,24-25H,2,7-10H2,1H3,(H2,23,26);2-4H,1H3. The first-order valence-electron chi connectivity index (χ1n) is 11.2. The maximum Gasteiger partial charge on any atom is 0.146 e. The first kappa shape index (κ1) is 24.5. The summed E-state index contributed by atoms with van der Waals surface area (Å²) in [5, 5.41) is 23.6. The highest BCUT2D eigenvalue weighted by Gasteiger charge is 2.06. The fourth-order valence-electron chi connectivity index (χ4n) is 3.23. The van der Waals surface area contributed by atoms with E-state index in [1.807, 2.05) is 69.1 Å². The van der Waals surface area contributed by atoms with E-state index in [1.54, 1.807) is 21.8 Å². The second-order valence-electron chi connectivity index (χ2n) is 7.83. The average molecular weight is 458 g/mol. The number of nitrogens with zero attached hydrogens (tertiary/aromatic N) is 6. The second kappa shape index (κ2) is 12.8. The molecule has 34 heavy (non-hydrogen) atoms. The van der Waals surface area contributed by atoms with Gasteiger partial charge in [0.1, 0.15) is 5.82 Å². The number of nitrogens with two attached hydrogens (primary N) is 1. The Balaban J connectivity index is 0.000000469. The first-order valence-corrected chi connectivity index (χ1v) is 11.2. The minimum absolute atomic E-state index is 0.501. The number of nitrogen functional groups attached to an aromatic ring is 1. The molecule has 0 amide bonds. The van der Waals surface area contributed by atoms with E-state index < -0.39 is 0 Å². The predicted octanol–water partition coefficient (Wildman–Crippen LogP) is 2.99. The molecule has 0 saturated carbocycles. The summed E-state index contributed by atoms with van der Waals surface area (Å²) in [5.74, 6) is 0.501. The van der Waals surface area contributed by atoms with E-state index in [-0.39, 0.29) is 0 Å². The van der Waals surface area contributed by atoms with E-state index >= 15 is 0 Å². The maximum atomic E-state index is 8.81. The van der Waals surface area contributed by atoms with Gasteiger partial charge in [0.15, 0.2) is 0 Å². The van der Waals surface area contributed by atoms with Crippen LogP contribution in [0.4, 0.5) is 11.5 Å². The minimum atomic E-state index is 0.501. The van der Waals surface area contributed by atoms with Crippen LogP contribution >= 0.6 is 0 Å². The Bertz CT molecular complexity index is 1170. The number of aromatic nitrogens is 5. The highest BCUT2D eigenvalue weighted by Crippen LogP contribution is 2.24. The summed E-state index contributed by atoms with van der Waals surface area (Å²) in [5.41, 5.74) is 10.8. The van der Waals surface area contributed by atoms with Gasteiger partial charge in [-0.1, -0.05) is 12.1 Å². The number of pyridine rings is 1. The van der Waals surface area contributed by atoms with E-state index in [9.17, 15) is 0 Å². The van der Waals surface area contributed by atoms with Crippen LogP contribution in [0.3, 0.4) is 0 Å². The van der Waals surface area contributed by atoms with E-state index in [2.05, 4.69) is 31.9 Å². The van der Waals surface area contributed by atoms with Crippen molar-refractivity contribution in [3.63, 3.8) is 0 Å². The topological polar surface area (TPSA) is 122 Å². The Hall–Kier alpha value is -4.16. The maximum absolute atomic E-state index is 8.81. The molecule has 1 aromatic carbocycles. The highest BCUT2D eigenvalue weighted by atomic mass is 15.2. The van der Waals surface area contributed by atoms with Crippen LogP contribution in [0.25, 0.3) is 11.1 Å². The lowest BCUT2D eigenvalue weighted by Gasteiger charge is -2.10. The number of nitrogens with one attached hydrogen (secondary N) is 2. The molecule has 4 rings (SSSR count). The van der Waals surface area contributed by atoms with E-state index in [0.29, 0.717) is 11.4 Å². The summed E-state index contributed by atoms with van der Waals surface area (Å²) < 4.78 is 3.52. The zero-order valence-electron chi connectivity index (χ0n) is 19.6. The molecule has 0 aliphatic rings. The Kier molecular flexibility index (Phi) is 9.19. The van der Waals surface area contributed by atoms with E-state index in [1.165, 1.54) is 5.56 Å². The van der Waals surface area contributed by atoms with Gasteiger partial charge in [-0.3, -0.25) is 9.36 Å². The van der Waals surface area contributed by atoms with Crippen LogP contribution in [0.1, 0.15) is 17.5 Å². The van der Waals surface area contributed by atoms with Crippen molar-refractivity contribution < 1.29 is 0 Å². The molecule has 176 valence electrons. The zero-order valence-corrected chi connectivity index (χ0v) is 19.6. The summed E-state index contributed by atoms with van der Waals surface area (Å²) in [7, 11) is 3.78. The molecule has 0 saturated heterocycles. The van der Waals surface area contributed by atoms with Gasteiger partial charge in [0.05, 0.1) is 23.5 Å². The molecule has 0 aliphatic heterocycles. The summed E-state index contributed by atoms with van der Waals surface area (Å²) in [6.07, 6.45) is 11.1. The Labute approximate surface area is 200 Å². The summed E-state index contributed by atoms with van der Waals surface area (Å²) in [6, 6.07) is 13.8. The van der Waals surface area contributed by atoms with Crippen molar-refractivity contribution in [1.82, 2.24) is 29.9 Å². The molecule has 0 bridgehead atoms. The molecule has 0 unspecified atom stereocenters. The summed E-state index contributed by atoms with van der Waals surface area (Å²) in [4.78, 5) is 4.28. The number of benzene rings is 1. The average Bonchev–Trinajstić information content (AvgIpc) is 3.51. The number of nitriles is 1. The summed E-state index contributed by atoms with van der Waals surface area (Å²) >= 11 is 0. The van der Waals surface area contributed by atoms with Crippen molar-refractivity contribution in [2.45, 2.75) is 12.8 Å². The Morgan fingerprint density at radius 3 is 2.44 bits per heavy atom. The van der Waals surface area contributed by atoms with Crippen molar-refractivity contribution in [3.05, 3.63) is 78.5 Å². The monoisotopic (exact) mass is 457 g/mol. The molecule has 4 N–H and O–H groups in total. The van der Waals surface area contributed by atoms with Crippen LogP contribution < -0.4 is 16.4 Å². The minimum Gasteiger partial charge on any atom is -0.382 e. The van der Waals surface area contributed by atoms with Gasteiger partial charge in [-0.25, -0.2) is 4.98 Å². The van der Waals surface area contributed by atoms with Crippen LogP contribution in [0, 0.1) is 11.3 Å². The third-order valence-electron chi connectivity index (χ3n) is 5.11. The van der Waals surface area contributed by atoms with Gasteiger partial charge in [0.25, 0.3) is 0 Å². The van der Waals surface area contributed by atoms with Gasteiger partial charge in [-0.2, -0.15) is 15.5 Å². The van der Waals surface area contributed by atoms with Gasteiger partial charge in [-0.15, -0.1) is 0 Å². The van der Waals surface area contributed by atoms with Crippen molar-refractivity contribution in [2.75, 3.05) is 30.7 Å². The van der Waals surface area contributed by atoms with Crippen molar-refractivity contribution in [1.29, 1.82) is 5.26 Å². The molecular formula is C25H31N9. The molecule has 3 aromatic heterocycles. The normalized spacial score (nSPS) is 10.3. The third kappa shape index (κ3) is 7.76. The molecule has 0 radical (unpaired) electrons. The number of rotatable bonds is 9. The lowest BCUT2D eigenvalue weighted by molar-refractivity contribution is 0.660. The van der Waals surface area contributed by atoms with Gasteiger partial charge in [0, 0.05) is 56.6 Å². The molecule has 0 fully saturated rings. The number of anilines is 2.